The molecule has 0 radical (unpaired) electrons. The van der Waals surface area contributed by atoms with Crippen molar-refractivity contribution in [3.63, 3.8) is 0 Å². The van der Waals surface area contributed by atoms with Gasteiger partial charge in [0.15, 0.2) is 5.96 Å². The average molecular weight is 468 g/mol. The highest BCUT2D eigenvalue weighted by Gasteiger charge is 2.04. The number of amides is 1. The maximum atomic E-state index is 11.9. The third-order valence-corrected chi connectivity index (χ3v) is 3.59. The van der Waals surface area contributed by atoms with Gasteiger partial charge in [0.2, 0.25) is 5.91 Å². The zero-order chi connectivity index (χ0) is 17.9. The number of halogens is 1. The van der Waals surface area contributed by atoms with Gasteiger partial charge in [-0.3, -0.25) is 9.79 Å². The fourth-order valence-electron chi connectivity index (χ4n) is 2.17. The standard InChI is InChI=1S/C19H24N4O2.HI/c1-20-19(22-13-16-8-10-17(25-2)11-9-16)23-14-18(24)21-12-15-6-4-3-5-7-15;/h3-11H,12-14H2,1-2H3,(H,21,24)(H2,20,22,23);1H. The van der Waals surface area contributed by atoms with Crippen molar-refractivity contribution in [2.75, 3.05) is 20.7 Å². The Morgan fingerprint density at radius 1 is 0.923 bits per heavy atom. The van der Waals surface area contributed by atoms with Crippen molar-refractivity contribution >= 4 is 35.8 Å². The molecule has 3 N–H and O–H groups in total. The third-order valence-electron chi connectivity index (χ3n) is 3.59. The molecule has 0 aromatic heterocycles. The Kier molecular flexibility index (Phi) is 10.1. The number of methoxy groups -OCH3 is 1. The number of nitrogens with zero attached hydrogens (tertiary/aromatic N) is 1. The molecular weight excluding hydrogens is 443 g/mol. The molecule has 0 fully saturated rings. The Morgan fingerprint density at radius 2 is 1.54 bits per heavy atom. The molecule has 26 heavy (non-hydrogen) atoms. The molecule has 0 heterocycles. The minimum atomic E-state index is -0.0868. The van der Waals surface area contributed by atoms with E-state index in [1.165, 1.54) is 0 Å². The number of aliphatic imine (C=N–C) groups is 1. The van der Waals surface area contributed by atoms with Crippen molar-refractivity contribution in [1.82, 2.24) is 16.0 Å². The molecule has 0 aliphatic rings. The van der Waals surface area contributed by atoms with Crippen molar-refractivity contribution in [2.24, 2.45) is 4.99 Å². The van der Waals surface area contributed by atoms with E-state index in [9.17, 15) is 4.79 Å². The lowest BCUT2D eigenvalue weighted by Crippen LogP contribution is -2.42. The van der Waals surface area contributed by atoms with Gasteiger partial charge >= 0.3 is 0 Å². The average Bonchev–Trinajstić information content (AvgIpc) is 2.67. The molecule has 6 nitrogen and oxygen atoms in total. The van der Waals surface area contributed by atoms with Crippen molar-refractivity contribution < 1.29 is 9.53 Å². The molecule has 2 aromatic rings. The highest BCUT2D eigenvalue weighted by molar-refractivity contribution is 14.0. The van der Waals surface area contributed by atoms with E-state index in [1.807, 2.05) is 54.6 Å². The van der Waals surface area contributed by atoms with Crippen molar-refractivity contribution in [1.29, 1.82) is 0 Å². The van der Waals surface area contributed by atoms with Gasteiger partial charge in [0.1, 0.15) is 5.75 Å². The predicted molar refractivity (Wildman–Crippen MR) is 115 cm³/mol. The van der Waals surface area contributed by atoms with E-state index >= 15 is 0 Å². The second kappa shape index (κ2) is 12.1. The van der Waals surface area contributed by atoms with Gasteiger partial charge in [0.05, 0.1) is 13.7 Å². The quantitative estimate of drug-likeness (QED) is 0.331. The molecule has 0 bridgehead atoms. The molecule has 2 rings (SSSR count). The van der Waals surface area contributed by atoms with Gasteiger partial charge in [0.25, 0.3) is 0 Å². The van der Waals surface area contributed by atoms with Gasteiger partial charge in [-0.15, -0.1) is 24.0 Å². The zero-order valence-electron chi connectivity index (χ0n) is 15.0. The first kappa shape index (κ1) is 21.8. The van der Waals surface area contributed by atoms with E-state index in [1.54, 1.807) is 14.2 Å². The number of benzene rings is 2. The molecule has 0 unspecified atom stereocenters. The lowest BCUT2D eigenvalue weighted by Gasteiger charge is -2.12. The van der Waals surface area contributed by atoms with E-state index in [-0.39, 0.29) is 36.4 Å². The molecule has 0 saturated heterocycles. The van der Waals surface area contributed by atoms with Crippen LogP contribution in [0.1, 0.15) is 11.1 Å². The van der Waals surface area contributed by atoms with E-state index < -0.39 is 0 Å². The van der Waals surface area contributed by atoms with E-state index in [0.717, 1.165) is 16.9 Å². The summed E-state index contributed by atoms with van der Waals surface area (Å²) >= 11 is 0. The molecule has 0 aliphatic carbocycles. The van der Waals surface area contributed by atoms with Crippen molar-refractivity contribution in [3.8, 4) is 5.75 Å². The van der Waals surface area contributed by atoms with E-state index in [4.69, 9.17) is 4.74 Å². The first-order valence-corrected chi connectivity index (χ1v) is 8.09. The van der Waals surface area contributed by atoms with Crippen molar-refractivity contribution in [3.05, 3.63) is 65.7 Å². The summed E-state index contributed by atoms with van der Waals surface area (Å²) in [5.41, 5.74) is 2.16. The van der Waals surface area contributed by atoms with Gasteiger partial charge in [-0.2, -0.15) is 0 Å². The van der Waals surface area contributed by atoms with E-state index in [0.29, 0.717) is 19.0 Å². The Morgan fingerprint density at radius 3 is 2.15 bits per heavy atom. The van der Waals surface area contributed by atoms with Crippen LogP contribution in [0.4, 0.5) is 0 Å². The Hall–Kier alpha value is -2.29. The van der Waals surface area contributed by atoms with Crippen LogP contribution < -0.4 is 20.7 Å². The molecule has 7 heteroatoms. The molecule has 1 amide bonds. The molecule has 0 saturated carbocycles. The van der Waals surface area contributed by atoms with Gasteiger partial charge in [0, 0.05) is 20.1 Å². The fourth-order valence-corrected chi connectivity index (χ4v) is 2.17. The number of carbonyl (C=O) groups excluding carboxylic acids is 1. The normalized spacial score (nSPS) is 10.5. The van der Waals surface area contributed by atoms with Crippen molar-refractivity contribution in [2.45, 2.75) is 13.1 Å². The maximum absolute atomic E-state index is 11.9. The predicted octanol–water partition coefficient (Wildman–Crippen LogP) is 2.29. The zero-order valence-corrected chi connectivity index (χ0v) is 17.3. The third kappa shape index (κ3) is 7.73. The fraction of sp³-hybridized carbons (Fsp3) is 0.263. The van der Waals surface area contributed by atoms with Gasteiger partial charge in [-0.1, -0.05) is 42.5 Å². The Labute approximate surface area is 171 Å². The summed E-state index contributed by atoms with van der Waals surface area (Å²) in [7, 11) is 3.31. The topological polar surface area (TPSA) is 74.8 Å². The number of ether oxygens (including phenoxy) is 1. The number of carbonyl (C=O) groups is 1. The molecule has 0 atom stereocenters. The molecule has 0 aliphatic heterocycles. The monoisotopic (exact) mass is 468 g/mol. The lowest BCUT2D eigenvalue weighted by molar-refractivity contribution is -0.120. The summed E-state index contributed by atoms with van der Waals surface area (Å²) in [6, 6.07) is 17.6. The number of hydrogen-bond acceptors (Lipinski definition) is 3. The minimum absolute atomic E-state index is 0. The second-order valence-electron chi connectivity index (χ2n) is 5.39. The van der Waals surface area contributed by atoms with Crippen LogP contribution in [0, 0.1) is 0 Å². The molecule has 140 valence electrons. The number of rotatable bonds is 7. The van der Waals surface area contributed by atoms with Crippen LogP contribution in [0.5, 0.6) is 5.75 Å². The SMILES string of the molecule is CN=C(NCC(=O)NCc1ccccc1)NCc1ccc(OC)cc1.I. The summed E-state index contributed by atoms with van der Waals surface area (Å²) < 4.78 is 5.13. The molecule has 0 spiro atoms. The highest BCUT2D eigenvalue weighted by atomic mass is 127. The number of guanidine groups is 1. The molecule has 2 aromatic carbocycles. The van der Waals surface area contributed by atoms with Crippen LogP contribution in [-0.4, -0.2) is 32.6 Å². The van der Waals surface area contributed by atoms with Gasteiger partial charge in [-0.25, -0.2) is 0 Å². The first-order valence-electron chi connectivity index (χ1n) is 8.09. The van der Waals surface area contributed by atoms with Crippen LogP contribution in [-0.2, 0) is 17.9 Å². The molecular formula is C19H25IN4O2. The minimum Gasteiger partial charge on any atom is -0.497 e. The van der Waals surface area contributed by atoms with Crippen LogP contribution >= 0.6 is 24.0 Å². The first-order chi connectivity index (χ1) is 12.2. The summed E-state index contributed by atoms with van der Waals surface area (Å²) in [6.45, 7) is 1.28. The summed E-state index contributed by atoms with van der Waals surface area (Å²) in [6.07, 6.45) is 0. The number of hydrogen-bond donors (Lipinski definition) is 3. The largest absolute Gasteiger partial charge is 0.497 e. The van der Waals surface area contributed by atoms with Crippen LogP contribution in [0.3, 0.4) is 0 Å². The van der Waals surface area contributed by atoms with Gasteiger partial charge in [-0.05, 0) is 23.3 Å². The summed E-state index contributed by atoms with van der Waals surface area (Å²) in [5.74, 6) is 1.31. The van der Waals surface area contributed by atoms with Gasteiger partial charge < -0.3 is 20.7 Å². The summed E-state index contributed by atoms with van der Waals surface area (Å²) in [4.78, 5) is 16.0. The van der Waals surface area contributed by atoms with Crippen LogP contribution in [0.15, 0.2) is 59.6 Å². The Balaban J connectivity index is 0.00000338. The Bertz CT molecular complexity index is 690. The lowest BCUT2D eigenvalue weighted by atomic mass is 10.2. The van der Waals surface area contributed by atoms with E-state index in [2.05, 4.69) is 20.9 Å². The highest BCUT2D eigenvalue weighted by Crippen LogP contribution is 2.10. The maximum Gasteiger partial charge on any atom is 0.239 e. The van der Waals surface area contributed by atoms with Crippen LogP contribution in [0.25, 0.3) is 0 Å². The second-order valence-corrected chi connectivity index (χ2v) is 5.39. The number of nitrogens with one attached hydrogen (secondary N) is 3. The van der Waals surface area contributed by atoms with Crippen LogP contribution in [0.2, 0.25) is 0 Å². The summed E-state index contributed by atoms with van der Waals surface area (Å²) in [5, 5.41) is 9.04. The smallest absolute Gasteiger partial charge is 0.239 e.